The van der Waals surface area contributed by atoms with Gasteiger partial charge in [0.15, 0.2) is 5.78 Å². The molecule has 4 nitrogen and oxygen atoms in total. The van der Waals surface area contributed by atoms with Crippen molar-refractivity contribution >= 4 is 15.8 Å². The molecule has 0 aromatic carbocycles. The summed E-state index contributed by atoms with van der Waals surface area (Å²) in [4.78, 5) is 11.6. The van der Waals surface area contributed by atoms with E-state index in [4.69, 9.17) is 0 Å². The largest absolute Gasteiger partial charge is 0.298 e. The van der Waals surface area contributed by atoms with E-state index in [0.29, 0.717) is 0 Å². The lowest BCUT2D eigenvalue weighted by atomic mass is 9.94. The van der Waals surface area contributed by atoms with Gasteiger partial charge in [-0.25, -0.2) is 13.1 Å². The van der Waals surface area contributed by atoms with Crippen LogP contribution in [0.5, 0.6) is 0 Å². The highest BCUT2D eigenvalue weighted by atomic mass is 32.2. The first kappa shape index (κ1) is 13.6. The summed E-state index contributed by atoms with van der Waals surface area (Å²) in [6, 6.07) is -0.606. The lowest BCUT2D eigenvalue weighted by molar-refractivity contribution is -0.124. The van der Waals surface area contributed by atoms with E-state index in [-0.39, 0.29) is 17.6 Å². The zero-order chi connectivity index (χ0) is 11.5. The molecule has 0 saturated heterocycles. The van der Waals surface area contributed by atoms with Gasteiger partial charge >= 0.3 is 0 Å². The Bertz CT molecular complexity index is 293. The van der Waals surface area contributed by atoms with Crippen LogP contribution in [0.4, 0.5) is 0 Å². The summed E-state index contributed by atoms with van der Waals surface area (Å²) in [5.74, 6) is -0.248. The van der Waals surface area contributed by atoms with Gasteiger partial charge in [-0.2, -0.15) is 0 Å². The summed E-state index contributed by atoms with van der Waals surface area (Å²) in [5.41, 5.74) is 0. The number of Topliss-reactive ketones (excluding diaryl/α,β-unsaturated/α-hetero) is 1. The zero-order valence-electron chi connectivity index (χ0n) is 9.37. The third-order valence-corrected chi connectivity index (χ3v) is 2.57. The van der Waals surface area contributed by atoms with E-state index < -0.39 is 16.1 Å². The van der Waals surface area contributed by atoms with E-state index >= 15 is 0 Å². The van der Waals surface area contributed by atoms with Gasteiger partial charge in [0.05, 0.1) is 12.3 Å². The van der Waals surface area contributed by atoms with Crippen LogP contribution in [0.2, 0.25) is 0 Å². The Balaban J connectivity index is 4.71. The molecule has 0 aromatic rings. The average molecular weight is 221 g/mol. The van der Waals surface area contributed by atoms with Gasteiger partial charge in [0.2, 0.25) is 10.0 Å². The van der Waals surface area contributed by atoms with Crippen LogP contribution in [0.3, 0.4) is 0 Å². The van der Waals surface area contributed by atoms with E-state index in [1.165, 1.54) is 0 Å². The maximum atomic E-state index is 11.6. The van der Waals surface area contributed by atoms with Crippen molar-refractivity contribution in [2.75, 3.05) is 6.26 Å². The summed E-state index contributed by atoms with van der Waals surface area (Å²) >= 11 is 0. The number of hydrogen-bond acceptors (Lipinski definition) is 3. The molecular formula is C9H19NO3S. The Morgan fingerprint density at radius 2 is 1.57 bits per heavy atom. The monoisotopic (exact) mass is 221 g/mol. The summed E-state index contributed by atoms with van der Waals surface area (Å²) in [6.45, 7) is 7.18. The molecule has 0 radical (unpaired) electrons. The minimum Gasteiger partial charge on any atom is -0.298 e. The lowest BCUT2D eigenvalue weighted by Crippen LogP contribution is -2.45. The molecule has 0 fully saturated rings. The molecule has 0 bridgehead atoms. The Labute approximate surface area is 86.1 Å². The molecule has 0 aliphatic rings. The van der Waals surface area contributed by atoms with Crippen molar-refractivity contribution in [1.29, 1.82) is 0 Å². The van der Waals surface area contributed by atoms with Gasteiger partial charge < -0.3 is 0 Å². The van der Waals surface area contributed by atoms with E-state index in [1.54, 1.807) is 13.8 Å². The second-order valence-corrected chi connectivity index (χ2v) is 5.95. The quantitative estimate of drug-likeness (QED) is 0.746. The third kappa shape index (κ3) is 4.72. The van der Waals surface area contributed by atoms with Crippen molar-refractivity contribution in [2.45, 2.75) is 33.7 Å². The molecule has 0 aromatic heterocycles. The van der Waals surface area contributed by atoms with Gasteiger partial charge in [-0.3, -0.25) is 4.79 Å². The number of rotatable bonds is 5. The fraction of sp³-hybridized carbons (Fsp3) is 0.889. The molecule has 1 N–H and O–H groups in total. The predicted molar refractivity (Wildman–Crippen MR) is 56.5 cm³/mol. The molecule has 5 heteroatoms. The van der Waals surface area contributed by atoms with Crippen LogP contribution < -0.4 is 4.72 Å². The molecule has 0 spiro atoms. The van der Waals surface area contributed by atoms with Gasteiger partial charge in [0.25, 0.3) is 0 Å². The molecule has 0 amide bonds. The maximum Gasteiger partial charge on any atom is 0.209 e. The summed E-state index contributed by atoms with van der Waals surface area (Å²) in [6.07, 6.45) is 1.07. The molecular weight excluding hydrogens is 202 g/mol. The minimum atomic E-state index is -3.32. The van der Waals surface area contributed by atoms with Gasteiger partial charge in [-0.15, -0.1) is 0 Å². The molecule has 84 valence electrons. The van der Waals surface area contributed by atoms with E-state index in [0.717, 1.165) is 6.26 Å². The second-order valence-electron chi connectivity index (χ2n) is 4.17. The van der Waals surface area contributed by atoms with Crippen molar-refractivity contribution in [2.24, 2.45) is 11.8 Å². The normalized spacial score (nSPS) is 14.8. The first-order chi connectivity index (χ1) is 6.15. The van der Waals surface area contributed by atoms with Gasteiger partial charge in [-0.05, 0) is 5.92 Å². The fourth-order valence-electron chi connectivity index (χ4n) is 1.11. The van der Waals surface area contributed by atoms with Gasteiger partial charge in [0.1, 0.15) is 0 Å². The van der Waals surface area contributed by atoms with Crippen molar-refractivity contribution in [1.82, 2.24) is 4.72 Å². The summed E-state index contributed by atoms with van der Waals surface area (Å²) in [7, 11) is -3.32. The number of carbonyl (C=O) groups is 1. The van der Waals surface area contributed by atoms with Crippen LogP contribution >= 0.6 is 0 Å². The lowest BCUT2D eigenvalue weighted by Gasteiger charge is -2.21. The molecule has 0 aliphatic heterocycles. The van der Waals surface area contributed by atoms with Gasteiger partial charge in [-0.1, -0.05) is 27.7 Å². The highest BCUT2D eigenvalue weighted by Crippen LogP contribution is 2.09. The first-order valence-corrected chi connectivity index (χ1v) is 6.55. The van der Waals surface area contributed by atoms with Crippen LogP contribution in [0, 0.1) is 11.8 Å². The summed E-state index contributed by atoms with van der Waals surface area (Å²) < 4.78 is 24.4. The van der Waals surface area contributed by atoms with Crippen molar-refractivity contribution < 1.29 is 13.2 Å². The number of hydrogen-bond donors (Lipinski definition) is 1. The predicted octanol–water partition coefficient (Wildman–Crippen LogP) is 0.785. The van der Waals surface area contributed by atoms with Crippen LogP contribution in [-0.4, -0.2) is 26.5 Å². The standard InChI is InChI=1S/C9H19NO3S/c1-6(2)8(9(11)7(3)4)10-14(5,12)13/h6-8,10H,1-5H3/t8-/m0/s1. The van der Waals surface area contributed by atoms with E-state index in [2.05, 4.69) is 4.72 Å². The zero-order valence-corrected chi connectivity index (χ0v) is 10.2. The topological polar surface area (TPSA) is 63.2 Å². The fourth-order valence-corrected chi connectivity index (χ4v) is 1.96. The highest BCUT2D eigenvalue weighted by Gasteiger charge is 2.26. The van der Waals surface area contributed by atoms with Crippen LogP contribution in [-0.2, 0) is 14.8 Å². The molecule has 0 saturated carbocycles. The van der Waals surface area contributed by atoms with Crippen LogP contribution in [0.25, 0.3) is 0 Å². The molecule has 0 heterocycles. The van der Waals surface area contributed by atoms with E-state index in [9.17, 15) is 13.2 Å². The molecule has 0 aliphatic carbocycles. The van der Waals surface area contributed by atoms with Crippen LogP contribution in [0.1, 0.15) is 27.7 Å². The second kappa shape index (κ2) is 4.89. The van der Waals surface area contributed by atoms with Gasteiger partial charge in [0, 0.05) is 5.92 Å². The first-order valence-electron chi connectivity index (χ1n) is 4.66. The van der Waals surface area contributed by atoms with Crippen molar-refractivity contribution in [3.63, 3.8) is 0 Å². The third-order valence-electron chi connectivity index (χ3n) is 1.88. The number of ketones is 1. The van der Waals surface area contributed by atoms with E-state index in [1.807, 2.05) is 13.8 Å². The van der Waals surface area contributed by atoms with Crippen molar-refractivity contribution in [3.05, 3.63) is 0 Å². The summed E-state index contributed by atoms with van der Waals surface area (Å²) in [5, 5.41) is 0. The SMILES string of the molecule is CC(C)C(=O)[C@@H](NS(C)(=O)=O)C(C)C. The molecule has 14 heavy (non-hydrogen) atoms. The number of nitrogens with one attached hydrogen (secondary N) is 1. The Hall–Kier alpha value is -0.420. The average Bonchev–Trinajstić information content (AvgIpc) is 1.96. The van der Waals surface area contributed by atoms with Crippen molar-refractivity contribution in [3.8, 4) is 0 Å². The molecule has 0 rings (SSSR count). The Morgan fingerprint density at radius 1 is 1.14 bits per heavy atom. The number of sulfonamides is 1. The number of carbonyl (C=O) groups excluding carboxylic acids is 1. The Kier molecular flexibility index (Phi) is 4.74. The maximum absolute atomic E-state index is 11.6. The Morgan fingerprint density at radius 3 is 1.79 bits per heavy atom. The van der Waals surface area contributed by atoms with Crippen LogP contribution in [0.15, 0.2) is 0 Å². The molecule has 0 unspecified atom stereocenters. The molecule has 1 atom stereocenters. The minimum absolute atomic E-state index is 0.0281. The smallest absolute Gasteiger partial charge is 0.209 e. The highest BCUT2D eigenvalue weighted by molar-refractivity contribution is 7.88.